The van der Waals surface area contributed by atoms with Gasteiger partial charge >= 0.3 is 19.2 Å². The van der Waals surface area contributed by atoms with E-state index in [-0.39, 0.29) is 36.0 Å². The van der Waals surface area contributed by atoms with E-state index in [4.69, 9.17) is 9.47 Å². The number of carbonyl (C=O) groups is 2. The van der Waals surface area contributed by atoms with Crippen LogP contribution in [-0.2, 0) is 37.0 Å². The molecule has 0 fully saturated rings. The maximum Gasteiger partial charge on any atom is 0.387 e. The van der Waals surface area contributed by atoms with Crippen molar-refractivity contribution in [3.8, 4) is 34.3 Å². The number of alkyl halides is 4. The molecule has 0 bridgehead atoms. The van der Waals surface area contributed by atoms with Gasteiger partial charge in [0.1, 0.15) is 64.3 Å². The summed E-state index contributed by atoms with van der Waals surface area (Å²) in [5.41, 5.74) is 4.84. The first-order chi connectivity index (χ1) is 31.7. The Balaban J connectivity index is 0.000000199. The molecule has 354 valence electrons. The summed E-state index contributed by atoms with van der Waals surface area (Å²) in [6, 6.07) is 11.1. The summed E-state index contributed by atoms with van der Waals surface area (Å²) in [5.74, 6) is -1.13. The Bertz CT molecular complexity index is 3090. The number of hydrogen-bond acceptors (Lipinski definition) is 12. The number of nitrogens with zero attached hydrogens (tertiary/aromatic N) is 10. The van der Waals surface area contributed by atoms with Crippen LogP contribution in [0.25, 0.3) is 66.9 Å². The molecule has 0 aliphatic heterocycles. The molecule has 0 radical (unpaired) electrons. The zero-order valence-corrected chi connectivity index (χ0v) is 40.1. The summed E-state index contributed by atoms with van der Waals surface area (Å²) >= 11 is 0. The number of rotatable bonds is 18. The van der Waals surface area contributed by atoms with Crippen LogP contribution in [0.15, 0.2) is 61.2 Å². The Labute approximate surface area is 383 Å². The van der Waals surface area contributed by atoms with Gasteiger partial charge in [-0.2, -0.15) is 27.8 Å². The maximum absolute atomic E-state index is 12.7. The monoisotopic (exact) mass is 962 g/mol. The van der Waals surface area contributed by atoms with Crippen LogP contribution in [0.1, 0.15) is 20.7 Å². The van der Waals surface area contributed by atoms with Gasteiger partial charge in [0.15, 0.2) is 17.6 Å². The van der Waals surface area contributed by atoms with Crippen molar-refractivity contribution in [1.29, 1.82) is 0 Å². The Morgan fingerprint density at radius 2 is 1.15 bits per heavy atom. The van der Waals surface area contributed by atoms with Crippen LogP contribution in [-0.4, -0.2) is 109 Å². The van der Waals surface area contributed by atoms with E-state index in [1.165, 1.54) is 36.7 Å². The van der Waals surface area contributed by atoms with E-state index in [0.717, 1.165) is 23.9 Å². The van der Waals surface area contributed by atoms with E-state index in [0.29, 0.717) is 74.7 Å². The highest BCUT2D eigenvalue weighted by Gasteiger charge is 2.23. The van der Waals surface area contributed by atoms with Crippen LogP contribution in [0.2, 0.25) is 51.4 Å². The number of benzene rings is 2. The SMILES string of the molecule is Cn1nc(-c2cnc3c(n2)c(C(=O)O)cn3COCC[Si](C)(C)C)c2cc(OC(F)F)ccc21.Cn1nc(-c2cnc3c(n2)c(C=O)cn3COCC[Si](C)(C)C)c2cc(OC(F)F)ccc21. The number of carbonyl (C=O) groups excluding carboxylic acids is 1. The molecule has 67 heavy (non-hydrogen) atoms. The highest BCUT2D eigenvalue weighted by molar-refractivity contribution is 6.76. The Hall–Kier alpha value is -6.57. The first-order valence-electron chi connectivity index (χ1n) is 21.1. The zero-order chi connectivity index (χ0) is 48.4. The van der Waals surface area contributed by atoms with Crippen LogP contribution >= 0.6 is 0 Å². The quantitative estimate of drug-likeness (QED) is 0.0371. The van der Waals surface area contributed by atoms with Gasteiger partial charge in [0.25, 0.3) is 0 Å². The van der Waals surface area contributed by atoms with E-state index in [1.54, 1.807) is 57.1 Å². The molecule has 0 aliphatic carbocycles. The number of fused-ring (bicyclic) bond motifs is 4. The fourth-order valence-corrected chi connectivity index (χ4v) is 8.61. The Morgan fingerprint density at radius 3 is 1.58 bits per heavy atom. The molecule has 8 rings (SSSR count). The van der Waals surface area contributed by atoms with Gasteiger partial charge in [0.05, 0.1) is 29.0 Å². The minimum absolute atomic E-state index is 0.0138. The minimum Gasteiger partial charge on any atom is -0.478 e. The molecular weight excluding hydrogens is 913 g/mol. The number of aldehydes is 1. The number of ether oxygens (including phenoxy) is 4. The summed E-state index contributed by atoms with van der Waals surface area (Å²) in [5, 5.41) is 19.8. The molecule has 0 atom stereocenters. The number of carboxylic acids is 1. The molecule has 0 saturated heterocycles. The molecule has 17 nitrogen and oxygen atoms in total. The summed E-state index contributed by atoms with van der Waals surface area (Å²) in [4.78, 5) is 41.7. The van der Waals surface area contributed by atoms with Crippen molar-refractivity contribution in [2.24, 2.45) is 14.1 Å². The lowest BCUT2D eigenvalue weighted by molar-refractivity contribution is -0.0504. The molecule has 0 saturated carbocycles. The summed E-state index contributed by atoms with van der Waals surface area (Å²) in [6.45, 7) is 9.34. The predicted octanol–water partition coefficient (Wildman–Crippen LogP) is 9.31. The summed E-state index contributed by atoms with van der Waals surface area (Å²) < 4.78 is 77.9. The Morgan fingerprint density at radius 1 is 0.701 bits per heavy atom. The fourth-order valence-electron chi connectivity index (χ4n) is 7.10. The van der Waals surface area contributed by atoms with Gasteiger partial charge in [0, 0.05) is 66.6 Å². The van der Waals surface area contributed by atoms with Crippen molar-refractivity contribution in [3.05, 3.63) is 72.3 Å². The van der Waals surface area contributed by atoms with Gasteiger partial charge in [-0.05, 0) is 48.5 Å². The second kappa shape index (κ2) is 19.7. The van der Waals surface area contributed by atoms with E-state index >= 15 is 0 Å². The molecule has 1 N–H and O–H groups in total. The lowest BCUT2D eigenvalue weighted by Gasteiger charge is -2.15. The number of aromatic carboxylic acids is 1. The third-order valence-corrected chi connectivity index (χ3v) is 14.0. The molecule has 0 amide bonds. The van der Waals surface area contributed by atoms with Crippen molar-refractivity contribution < 1.29 is 51.2 Å². The highest BCUT2D eigenvalue weighted by atomic mass is 28.3. The van der Waals surface area contributed by atoms with Crippen molar-refractivity contribution in [3.63, 3.8) is 0 Å². The summed E-state index contributed by atoms with van der Waals surface area (Å²) in [6.07, 6.45) is 6.88. The average molecular weight is 963 g/mol. The van der Waals surface area contributed by atoms with Crippen molar-refractivity contribution in [2.75, 3.05) is 13.2 Å². The van der Waals surface area contributed by atoms with Crippen molar-refractivity contribution in [1.82, 2.24) is 48.6 Å². The topological polar surface area (TPSA) is 188 Å². The fraction of sp³-hybridized carbons (Fsp3) is 0.364. The standard InChI is InChI=1S/C22H25F2N5O4Si.C22H25F2N5O3Si/c1-28-17-6-5-13(33-22(23)24)9-14(17)18(27-28)16-10-25-20-19(26-16)15(21(30)31)11-29(20)12-32-7-8-34(2,3)4;1-28-18-6-5-15(32-22(23)24)9-16(18)20(27-28)17-10-25-21-19(26-17)14(12-30)11-29(21)13-31-7-8-33(2,3)4/h5-6,9-11,22H,7-8,12H2,1-4H3,(H,30,31);5-6,9-12,22H,7-8,13H2,1-4H3. The predicted molar refractivity (Wildman–Crippen MR) is 248 cm³/mol. The van der Waals surface area contributed by atoms with Gasteiger partial charge in [-0.25, -0.2) is 24.7 Å². The van der Waals surface area contributed by atoms with Crippen LogP contribution in [0, 0.1) is 0 Å². The molecule has 2 aromatic carbocycles. The molecule has 0 aliphatic rings. The largest absolute Gasteiger partial charge is 0.478 e. The van der Waals surface area contributed by atoms with Crippen LogP contribution in [0.3, 0.4) is 0 Å². The highest BCUT2D eigenvalue weighted by Crippen LogP contribution is 2.33. The summed E-state index contributed by atoms with van der Waals surface area (Å²) in [7, 11) is 0.993. The normalized spacial score (nSPS) is 12.2. The molecule has 6 heterocycles. The molecule has 8 aromatic rings. The smallest absolute Gasteiger partial charge is 0.387 e. The molecule has 23 heteroatoms. The lowest BCUT2D eigenvalue weighted by atomic mass is 10.1. The third kappa shape index (κ3) is 11.3. The van der Waals surface area contributed by atoms with E-state index in [1.807, 2.05) is 0 Å². The van der Waals surface area contributed by atoms with Gasteiger partial charge < -0.3 is 33.2 Å². The van der Waals surface area contributed by atoms with Crippen LogP contribution < -0.4 is 9.47 Å². The minimum atomic E-state index is -2.96. The van der Waals surface area contributed by atoms with E-state index in [2.05, 4.69) is 78.9 Å². The Kier molecular flexibility index (Phi) is 14.2. The first kappa shape index (κ1) is 48.4. The van der Waals surface area contributed by atoms with Gasteiger partial charge in [-0.3, -0.25) is 14.2 Å². The second-order valence-electron chi connectivity index (χ2n) is 18.1. The first-order valence-corrected chi connectivity index (χ1v) is 28.5. The zero-order valence-electron chi connectivity index (χ0n) is 38.1. The van der Waals surface area contributed by atoms with Gasteiger partial charge in [0.2, 0.25) is 0 Å². The van der Waals surface area contributed by atoms with Crippen molar-refractivity contribution >= 4 is 72.5 Å². The molecule has 6 aromatic heterocycles. The van der Waals surface area contributed by atoms with Crippen LogP contribution in [0.4, 0.5) is 17.6 Å². The van der Waals surface area contributed by atoms with Crippen molar-refractivity contribution in [2.45, 2.75) is 78.1 Å². The number of aromatic nitrogens is 10. The lowest BCUT2D eigenvalue weighted by Crippen LogP contribution is -2.22. The number of carboxylic acid groups (broad SMARTS) is 1. The average Bonchev–Trinajstić information content (AvgIpc) is 3.99. The number of hydrogen-bond donors (Lipinski definition) is 1. The molecular formula is C44H50F4N10O7Si2. The van der Waals surface area contributed by atoms with Gasteiger partial charge in [-0.1, -0.05) is 39.3 Å². The van der Waals surface area contributed by atoms with Crippen LogP contribution in [0.5, 0.6) is 11.5 Å². The second-order valence-corrected chi connectivity index (χ2v) is 29.3. The number of halogens is 4. The molecule has 0 unspecified atom stereocenters. The van der Waals surface area contributed by atoms with Gasteiger partial charge in [-0.15, -0.1) is 0 Å². The maximum atomic E-state index is 12.7. The third-order valence-electron chi connectivity index (χ3n) is 10.5. The van der Waals surface area contributed by atoms with E-state index < -0.39 is 35.3 Å². The number of aryl methyl sites for hydroxylation is 2. The molecule has 0 spiro atoms. The van der Waals surface area contributed by atoms with E-state index in [9.17, 15) is 32.3 Å².